The summed E-state index contributed by atoms with van der Waals surface area (Å²) >= 11 is 1.17. The molecule has 0 aliphatic carbocycles. The minimum atomic E-state index is -0.750. The van der Waals surface area contributed by atoms with Gasteiger partial charge in [0.15, 0.2) is 4.80 Å². The van der Waals surface area contributed by atoms with Crippen molar-refractivity contribution in [3.05, 3.63) is 130 Å². The second kappa shape index (κ2) is 10.7. The number of hydrogen-bond acceptors (Lipinski definition) is 7. The molecule has 1 aliphatic rings. The van der Waals surface area contributed by atoms with Crippen LogP contribution in [0.25, 0.3) is 6.08 Å². The highest BCUT2D eigenvalue weighted by molar-refractivity contribution is 7.07. The Morgan fingerprint density at radius 3 is 2.52 bits per heavy atom. The van der Waals surface area contributed by atoms with Gasteiger partial charge in [-0.1, -0.05) is 53.3 Å². The normalized spacial score (nSPS) is 14.9. The number of amides is 1. The zero-order valence-corrected chi connectivity index (χ0v) is 23.1. The van der Waals surface area contributed by atoms with Crippen molar-refractivity contribution in [1.29, 1.82) is 0 Å². The molecule has 10 heteroatoms. The highest BCUT2D eigenvalue weighted by atomic mass is 32.1. The summed E-state index contributed by atoms with van der Waals surface area (Å²) in [5.41, 5.74) is 4.32. The molecule has 1 atom stereocenters. The smallest absolute Gasteiger partial charge is 0.271 e. The molecule has 0 bridgehead atoms. The molecule has 0 saturated carbocycles. The number of anilines is 1. The van der Waals surface area contributed by atoms with Crippen molar-refractivity contribution in [3.8, 4) is 5.75 Å². The molecule has 40 heavy (non-hydrogen) atoms. The summed E-state index contributed by atoms with van der Waals surface area (Å²) in [6, 6.07) is 18.3. The van der Waals surface area contributed by atoms with Gasteiger partial charge in [0.1, 0.15) is 5.75 Å². The Balaban J connectivity index is 1.66. The predicted molar refractivity (Wildman–Crippen MR) is 154 cm³/mol. The van der Waals surface area contributed by atoms with E-state index in [1.165, 1.54) is 28.0 Å². The number of nitrogens with zero attached hydrogens (tertiary/aromatic N) is 3. The molecular weight excluding hydrogens is 528 g/mol. The molecule has 9 nitrogen and oxygen atoms in total. The maximum absolute atomic E-state index is 13.8. The summed E-state index contributed by atoms with van der Waals surface area (Å²) in [5, 5.41) is 14.3. The lowest BCUT2D eigenvalue weighted by Crippen LogP contribution is -2.40. The minimum absolute atomic E-state index is 0.0705. The topological polar surface area (TPSA) is 116 Å². The number of hydrogen-bond donors (Lipinski definition) is 1. The number of carbonyl (C=O) groups excluding carboxylic acids is 1. The van der Waals surface area contributed by atoms with E-state index in [-0.39, 0.29) is 17.2 Å². The van der Waals surface area contributed by atoms with E-state index < -0.39 is 11.0 Å². The monoisotopic (exact) mass is 554 g/mol. The molecule has 1 N–H and O–H groups in total. The van der Waals surface area contributed by atoms with Gasteiger partial charge in [-0.15, -0.1) is 0 Å². The highest BCUT2D eigenvalue weighted by Gasteiger charge is 2.32. The first-order valence-electron chi connectivity index (χ1n) is 12.5. The number of aryl methyl sites for hydroxylation is 2. The Hall–Kier alpha value is -4.83. The summed E-state index contributed by atoms with van der Waals surface area (Å²) < 4.78 is 7.18. The number of carbonyl (C=O) groups is 1. The van der Waals surface area contributed by atoms with Crippen molar-refractivity contribution in [2.45, 2.75) is 26.8 Å². The highest BCUT2D eigenvalue weighted by Crippen LogP contribution is 2.32. The van der Waals surface area contributed by atoms with Crippen LogP contribution in [-0.2, 0) is 4.79 Å². The summed E-state index contributed by atoms with van der Waals surface area (Å²) in [6.45, 7) is 5.66. The molecule has 1 amide bonds. The van der Waals surface area contributed by atoms with Crippen LogP contribution in [0, 0.1) is 24.0 Å². The van der Waals surface area contributed by atoms with Gasteiger partial charge in [-0.05, 0) is 61.7 Å². The van der Waals surface area contributed by atoms with Crippen LogP contribution in [0.1, 0.15) is 35.2 Å². The van der Waals surface area contributed by atoms with E-state index >= 15 is 0 Å². The van der Waals surface area contributed by atoms with Crippen molar-refractivity contribution in [2.75, 3.05) is 12.4 Å². The largest absolute Gasteiger partial charge is 0.497 e. The Kier molecular flexibility index (Phi) is 7.19. The standard InChI is InChI=1S/C30H26N4O5S/c1-17-8-13-24(18(2)14-17)32-28(35)26-19(3)31-30-33(27(26)21-9-11-23(39-4)12-10-21)29(36)25(40-30)16-20-6-5-7-22(15-20)34(37)38/h5-16,27H,1-4H3,(H,32,35)/b25-16+/t27-/m1/s1. The molecule has 3 aromatic carbocycles. The average Bonchev–Trinajstić information content (AvgIpc) is 3.23. The number of nitrogens with one attached hydrogen (secondary N) is 1. The molecular formula is C30H26N4O5S. The molecule has 1 aromatic heterocycles. The van der Waals surface area contributed by atoms with Gasteiger partial charge in [-0.25, -0.2) is 4.99 Å². The number of fused-ring (bicyclic) bond motifs is 1. The second-order valence-electron chi connectivity index (χ2n) is 9.48. The van der Waals surface area contributed by atoms with Crippen molar-refractivity contribution >= 4 is 34.7 Å². The number of nitro benzene ring substituents is 1. The first-order chi connectivity index (χ1) is 19.2. The molecule has 0 spiro atoms. The molecule has 0 fully saturated rings. The second-order valence-corrected chi connectivity index (χ2v) is 10.5. The fourth-order valence-corrected chi connectivity index (χ4v) is 5.78. The van der Waals surface area contributed by atoms with Crippen LogP contribution in [0.15, 0.2) is 87.8 Å². The predicted octanol–water partition coefficient (Wildman–Crippen LogP) is 4.41. The fraction of sp³-hybridized carbons (Fsp3) is 0.167. The van der Waals surface area contributed by atoms with Gasteiger partial charge in [-0.3, -0.25) is 24.3 Å². The fourth-order valence-electron chi connectivity index (χ4n) is 4.74. The van der Waals surface area contributed by atoms with Gasteiger partial charge in [0.2, 0.25) is 0 Å². The summed E-state index contributed by atoms with van der Waals surface area (Å²) in [6.07, 6.45) is 1.61. The van der Waals surface area contributed by atoms with E-state index in [0.717, 1.165) is 11.1 Å². The van der Waals surface area contributed by atoms with Gasteiger partial charge in [-0.2, -0.15) is 0 Å². The van der Waals surface area contributed by atoms with Crippen molar-refractivity contribution in [1.82, 2.24) is 4.57 Å². The molecule has 5 rings (SSSR count). The maximum atomic E-state index is 13.8. The zero-order chi connectivity index (χ0) is 28.6. The number of thiazole rings is 1. The first kappa shape index (κ1) is 26.8. The minimum Gasteiger partial charge on any atom is -0.497 e. The van der Waals surface area contributed by atoms with Crippen LogP contribution in [0.5, 0.6) is 5.75 Å². The van der Waals surface area contributed by atoms with E-state index in [1.54, 1.807) is 44.4 Å². The van der Waals surface area contributed by atoms with E-state index in [0.29, 0.717) is 43.2 Å². The molecule has 0 saturated heterocycles. The third-order valence-electron chi connectivity index (χ3n) is 6.71. The van der Waals surface area contributed by atoms with E-state index in [2.05, 4.69) is 10.3 Å². The third kappa shape index (κ3) is 5.08. The summed E-state index contributed by atoms with van der Waals surface area (Å²) in [7, 11) is 1.57. The summed E-state index contributed by atoms with van der Waals surface area (Å²) in [4.78, 5) is 43.5. The van der Waals surface area contributed by atoms with Gasteiger partial charge in [0.05, 0.1) is 33.9 Å². The maximum Gasteiger partial charge on any atom is 0.271 e. The first-order valence-corrected chi connectivity index (χ1v) is 13.3. The number of rotatable bonds is 6. The molecule has 202 valence electrons. The van der Waals surface area contributed by atoms with Crippen LogP contribution in [0.4, 0.5) is 11.4 Å². The Morgan fingerprint density at radius 1 is 1.10 bits per heavy atom. The molecule has 0 radical (unpaired) electrons. The van der Waals surface area contributed by atoms with Gasteiger partial charge in [0.25, 0.3) is 17.2 Å². The SMILES string of the molecule is COc1ccc([C@@H]2C(C(=O)Nc3ccc(C)cc3C)=C(C)N=c3s/c(=C/c4cccc([N+](=O)[O-])c4)c(=O)n32)cc1. The lowest BCUT2D eigenvalue weighted by molar-refractivity contribution is -0.384. The Morgan fingerprint density at radius 2 is 1.85 bits per heavy atom. The van der Waals surface area contributed by atoms with E-state index in [1.807, 2.05) is 44.2 Å². The molecule has 1 aliphatic heterocycles. The number of nitro groups is 1. The Bertz CT molecular complexity index is 1870. The van der Waals surface area contributed by atoms with E-state index in [9.17, 15) is 19.7 Å². The van der Waals surface area contributed by atoms with Crippen LogP contribution in [0.3, 0.4) is 0 Å². The number of allylic oxidation sites excluding steroid dienone is 1. The van der Waals surface area contributed by atoms with Gasteiger partial charge >= 0.3 is 0 Å². The van der Waals surface area contributed by atoms with Crippen LogP contribution < -0.4 is 24.9 Å². The van der Waals surface area contributed by atoms with Crippen molar-refractivity contribution in [3.63, 3.8) is 0 Å². The van der Waals surface area contributed by atoms with E-state index in [4.69, 9.17) is 4.74 Å². The number of ether oxygens (including phenoxy) is 1. The lowest BCUT2D eigenvalue weighted by atomic mass is 9.95. The quantitative estimate of drug-likeness (QED) is 0.280. The number of non-ortho nitro benzene ring substituents is 1. The van der Waals surface area contributed by atoms with Gasteiger partial charge in [0, 0.05) is 17.8 Å². The number of benzene rings is 3. The van der Waals surface area contributed by atoms with Crippen LogP contribution >= 0.6 is 11.3 Å². The number of methoxy groups -OCH3 is 1. The Labute approximate surface area is 233 Å². The van der Waals surface area contributed by atoms with Gasteiger partial charge < -0.3 is 10.1 Å². The van der Waals surface area contributed by atoms with Crippen molar-refractivity contribution in [2.24, 2.45) is 4.99 Å². The molecule has 2 heterocycles. The molecule has 4 aromatic rings. The third-order valence-corrected chi connectivity index (χ3v) is 7.69. The average molecular weight is 555 g/mol. The zero-order valence-electron chi connectivity index (χ0n) is 22.3. The number of aromatic nitrogens is 1. The lowest BCUT2D eigenvalue weighted by Gasteiger charge is -2.25. The van der Waals surface area contributed by atoms with Crippen molar-refractivity contribution < 1.29 is 14.5 Å². The van der Waals surface area contributed by atoms with Crippen LogP contribution in [0.2, 0.25) is 0 Å². The van der Waals surface area contributed by atoms with Crippen LogP contribution in [-0.4, -0.2) is 22.5 Å². The summed E-state index contributed by atoms with van der Waals surface area (Å²) in [5.74, 6) is 0.283. The molecule has 0 unspecified atom stereocenters.